The Hall–Kier alpha value is -2.19. The average Bonchev–Trinajstić information content (AvgIpc) is 3.27. The molecule has 0 aliphatic carbocycles. The number of carbonyl (C=O) groups is 1. The Morgan fingerprint density at radius 2 is 2.16 bits per heavy atom. The predicted molar refractivity (Wildman–Crippen MR) is 100 cm³/mol. The molecule has 0 bridgehead atoms. The average molecular weight is 374 g/mol. The number of nitrogens with one attached hydrogen (secondary N) is 1. The Morgan fingerprint density at radius 1 is 1.28 bits per heavy atom. The lowest BCUT2D eigenvalue weighted by Crippen LogP contribution is -2.27. The first-order valence-corrected chi connectivity index (χ1v) is 9.78. The van der Waals surface area contributed by atoms with Gasteiger partial charge in [-0.1, -0.05) is 30.0 Å². The summed E-state index contributed by atoms with van der Waals surface area (Å²) in [5, 5.41) is 17.5. The van der Waals surface area contributed by atoms with E-state index in [-0.39, 0.29) is 11.7 Å². The van der Waals surface area contributed by atoms with Crippen molar-refractivity contribution in [3.05, 3.63) is 51.7 Å². The first-order valence-electron chi connectivity index (χ1n) is 7.92. The van der Waals surface area contributed by atoms with Gasteiger partial charge in [0.15, 0.2) is 0 Å². The lowest BCUT2D eigenvalue weighted by atomic mass is 10.1. The number of benzene rings is 1. The monoisotopic (exact) mass is 373 g/mol. The summed E-state index contributed by atoms with van der Waals surface area (Å²) in [6.07, 6.45) is 0.855. The zero-order chi connectivity index (χ0) is 17.6. The number of hydrogen-bond acceptors (Lipinski definition) is 6. The number of aryl methyl sites for hydroxylation is 1. The SMILES string of the molecule is Cc1cccc(-n2nnnc2SCC(=O)NCCc2cccs2)c1C. The molecule has 0 radical (unpaired) electrons. The second kappa shape index (κ2) is 8.26. The van der Waals surface area contributed by atoms with E-state index >= 15 is 0 Å². The number of nitrogens with zero attached hydrogens (tertiary/aromatic N) is 4. The number of amides is 1. The van der Waals surface area contributed by atoms with Gasteiger partial charge in [-0.2, -0.15) is 4.68 Å². The molecule has 130 valence electrons. The third-order valence-corrected chi connectivity index (χ3v) is 5.71. The van der Waals surface area contributed by atoms with Crippen LogP contribution in [0.1, 0.15) is 16.0 Å². The molecule has 3 aromatic rings. The van der Waals surface area contributed by atoms with Crippen molar-refractivity contribution in [2.75, 3.05) is 12.3 Å². The third-order valence-electron chi connectivity index (χ3n) is 3.85. The van der Waals surface area contributed by atoms with E-state index in [1.165, 1.54) is 22.2 Å². The fourth-order valence-corrected chi connectivity index (χ4v) is 3.77. The van der Waals surface area contributed by atoms with E-state index in [0.717, 1.165) is 17.7 Å². The molecule has 1 N–H and O–H groups in total. The van der Waals surface area contributed by atoms with E-state index in [1.54, 1.807) is 16.0 Å². The normalized spacial score (nSPS) is 10.8. The Kier molecular flexibility index (Phi) is 5.83. The van der Waals surface area contributed by atoms with E-state index in [2.05, 4.69) is 39.9 Å². The van der Waals surface area contributed by atoms with Crippen molar-refractivity contribution in [2.45, 2.75) is 25.4 Å². The highest BCUT2D eigenvalue weighted by Crippen LogP contribution is 2.22. The molecule has 8 heteroatoms. The summed E-state index contributed by atoms with van der Waals surface area (Å²) in [4.78, 5) is 13.3. The van der Waals surface area contributed by atoms with Crippen molar-refractivity contribution in [2.24, 2.45) is 0 Å². The van der Waals surface area contributed by atoms with Crippen LogP contribution in [0.4, 0.5) is 0 Å². The fraction of sp³-hybridized carbons (Fsp3) is 0.294. The molecule has 0 saturated carbocycles. The van der Waals surface area contributed by atoms with Gasteiger partial charge in [0.2, 0.25) is 11.1 Å². The van der Waals surface area contributed by atoms with Crippen LogP contribution in [0.3, 0.4) is 0 Å². The molecule has 0 aliphatic heterocycles. The number of carbonyl (C=O) groups excluding carboxylic acids is 1. The predicted octanol–water partition coefficient (Wildman–Crippen LogP) is 2.79. The smallest absolute Gasteiger partial charge is 0.230 e. The van der Waals surface area contributed by atoms with Crippen LogP contribution in [0.5, 0.6) is 0 Å². The molecule has 0 saturated heterocycles. The van der Waals surface area contributed by atoms with Crippen molar-refractivity contribution in [3.8, 4) is 5.69 Å². The molecule has 0 fully saturated rings. The molecule has 0 atom stereocenters. The topological polar surface area (TPSA) is 72.7 Å². The Labute approximate surface area is 154 Å². The summed E-state index contributed by atoms with van der Waals surface area (Å²) in [6.45, 7) is 4.73. The van der Waals surface area contributed by atoms with Crippen molar-refractivity contribution < 1.29 is 4.79 Å². The summed E-state index contributed by atoms with van der Waals surface area (Å²) < 4.78 is 1.69. The summed E-state index contributed by atoms with van der Waals surface area (Å²) in [5.41, 5.74) is 3.23. The van der Waals surface area contributed by atoms with Gasteiger partial charge in [-0.05, 0) is 59.3 Å². The van der Waals surface area contributed by atoms with Gasteiger partial charge in [-0.15, -0.1) is 16.4 Å². The van der Waals surface area contributed by atoms with Gasteiger partial charge in [0.25, 0.3) is 0 Å². The zero-order valence-electron chi connectivity index (χ0n) is 14.1. The molecule has 6 nitrogen and oxygen atoms in total. The van der Waals surface area contributed by atoms with Crippen molar-refractivity contribution in [1.29, 1.82) is 0 Å². The molecule has 25 heavy (non-hydrogen) atoms. The van der Waals surface area contributed by atoms with E-state index in [1.807, 2.05) is 30.5 Å². The minimum Gasteiger partial charge on any atom is -0.355 e. The van der Waals surface area contributed by atoms with E-state index < -0.39 is 0 Å². The van der Waals surface area contributed by atoms with Crippen LogP contribution < -0.4 is 5.32 Å². The fourth-order valence-electron chi connectivity index (χ4n) is 2.35. The van der Waals surface area contributed by atoms with Crippen LogP contribution >= 0.6 is 23.1 Å². The van der Waals surface area contributed by atoms with Crippen LogP contribution in [0, 0.1) is 13.8 Å². The van der Waals surface area contributed by atoms with Crippen LogP contribution in [-0.2, 0) is 11.2 Å². The third kappa shape index (κ3) is 4.46. The minimum atomic E-state index is -0.0166. The molecule has 2 aromatic heterocycles. The molecule has 0 unspecified atom stereocenters. The molecule has 0 aliphatic rings. The van der Waals surface area contributed by atoms with E-state index in [4.69, 9.17) is 0 Å². The second-order valence-corrected chi connectivity index (χ2v) is 7.54. The maximum absolute atomic E-state index is 12.0. The lowest BCUT2D eigenvalue weighted by molar-refractivity contribution is -0.118. The minimum absolute atomic E-state index is 0.0166. The van der Waals surface area contributed by atoms with Crippen molar-refractivity contribution in [3.63, 3.8) is 0 Å². The van der Waals surface area contributed by atoms with Gasteiger partial charge < -0.3 is 5.32 Å². The van der Waals surface area contributed by atoms with Gasteiger partial charge in [0, 0.05) is 11.4 Å². The van der Waals surface area contributed by atoms with Crippen LogP contribution in [0.2, 0.25) is 0 Å². The van der Waals surface area contributed by atoms with Crippen molar-refractivity contribution >= 4 is 29.0 Å². The molecular formula is C17H19N5OS2. The summed E-state index contributed by atoms with van der Waals surface area (Å²) in [6, 6.07) is 10.1. The van der Waals surface area contributed by atoms with Crippen LogP contribution in [0.25, 0.3) is 5.69 Å². The second-order valence-electron chi connectivity index (χ2n) is 5.56. The molecule has 2 heterocycles. The summed E-state index contributed by atoms with van der Waals surface area (Å²) in [5.74, 6) is 0.271. The highest BCUT2D eigenvalue weighted by Gasteiger charge is 2.13. The first kappa shape index (κ1) is 17.6. The van der Waals surface area contributed by atoms with Crippen molar-refractivity contribution in [1.82, 2.24) is 25.5 Å². The van der Waals surface area contributed by atoms with Gasteiger partial charge >= 0.3 is 0 Å². The number of rotatable bonds is 7. The maximum atomic E-state index is 12.0. The number of thioether (sulfide) groups is 1. The lowest BCUT2D eigenvalue weighted by Gasteiger charge is -2.09. The highest BCUT2D eigenvalue weighted by molar-refractivity contribution is 7.99. The Bertz CT molecular complexity index is 845. The Morgan fingerprint density at radius 3 is 2.96 bits per heavy atom. The highest BCUT2D eigenvalue weighted by atomic mass is 32.2. The van der Waals surface area contributed by atoms with Gasteiger partial charge in [-0.3, -0.25) is 4.79 Å². The Balaban J connectivity index is 1.56. The van der Waals surface area contributed by atoms with Gasteiger partial charge in [-0.25, -0.2) is 0 Å². The molecule has 0 spiro atoms. The van der Waals surface area contributed by atoms with Crippen LogP contribution in [-0.4, -0.2) is 38.4 Å². The first-order chi connectivity index (χ1) is 12.1. The van der Waals surface area contributed by atoms with E-state index in [9.17, 15) is 4.79 Å². The summed E-state index contributed by atoms with van der Waals surface area (Å²) in [7, 11) is 0. The van der Waals surface area contributed by atoms with Crippen LogP contribution in [0.15, 0.2) is 40.9 Å². The quantitative estimate of drug-likeness (QED) is 0.645. The number of hydrogen-bond donors (Lipinski definition) is 1. The zero-order valence-corrected chi connectivity index (χ0v) is 15.7. The summed E-state index contributed by atoms with van der Waals surface area (Å²) >= 11 is 3.04. The number of thiophene rings is 1. The van der Waals surface area contributed by atoms with E-state index in [0.29, 0.717) is 11.7 Å². The number of tetrazole rings is 1. The standard InChI is InChI=1S/C17H19N5OS2/c1-12-5-3-7-15(13(12)2)22-17(19-20-21-22)25-11-16(23)18-9-8-14-6-4-10-24-14/h3-7,10H,8-9,11H2,1-2H3,(H,18,23). The molecule has 1 amide bonds. The molecule has 1 aromatic carbocycles. The molecular weight excluding hydrogens is 354 g/mol. The van der Waals surface area contributed by atoms with Gasteiger partial charge in [0.1, 0.15) is 0 Å². The maximum Gasteiger partial charge on any atom is 0.230 e. The largest absolute Gasteiger partial charge is 0.355 e. The number of aromatic nitrogens is 4. The van der Waals surface area contributed by atoms with Gasteiger partial charge in [0.05, 0.1) is 11.4 Å². The molecule has 3 rings (SSSR count).